The largest absolute Gasteiger partial charge is 0.381 e. The van der Waals surface area contributed by atoms with Gasteiger partial charge in [-0.3, -0.25) is 0 Å². The smallest absolute Gasteiger partial charge is 0.101 e. The Morgan fingerprint density at radius 1 is 1.50 bits per heavy atom. The number of ether oxygens (including phenoxy) is 1. The Kier molecular flexibility index (Phi) is 2.55. The Morgan fingerprint density at radius 3 is 2.79 bits per heavy atom. The molecule has 1 aliphatic heterocycles. The summed E-state index contributed by atoms with van der Waals surface area (Å²) in [5.41, 5.74) is 2.95. The average Bonchev–Trinajstić information content (AvgIpc) is 2.61. The lowest BCUT2D eigenvalue weighted by Gasteiger charge is -2.20. The highest BCUT2D eigenvalue weighted by Gasteiger charge is 2.18. The summed E-state index contributed by atoms with van der Waals surface area (Å²) in [7, 11) is 0. The molecule has 1 aromatic heterocycles. The van der Waals surface area contributed by atoms with E-state index in [0.717, 1.165) is 37.3 Å². The first-order valence-electron chi connectivity index (χ1n) is 4.98. The maximum atomic E-state index is 8.84. The van der Waals surface area contributed by atoms with Gasteiger partial charge in [0.05, 0.1) is 5.56 Å². The van der Waals surface area contributed by atoms with Gasteiger partial charge in [-0.25, -0.2) is 0 Å². The maximum Gasteiger partial charge on any atom is 0.101 e. The number of aryl methyl sites for hydroxylation is 1. The number of aromatic amines is 1. The zero-order valence-electron chi connectivity index (χ0n) is 8.34. The molecule has 0 aromatic carbocycles. The second-order valence-corrected chi connectivity index (χ2v) is 3.76. The average molecular weight is 190 g/mol. The minimum absolute atomic E-state index is 0.546. The van der Waals surface area contributed by atoms with Crippen LogP contribution in [-0.4, -0.2) is 18.2 Å². The molecule has 3 heteroatoms. The van der Waals surface area contributed by atoms with Gasteiger partial charge in [0, 0.05) is 30.5 Å². The fourth-order valence-corrected chi connectivity index (χ4v) is 1.93. The number of nitrogens with one attached hydrogen (secondary N) is 1. The predicted octanol–water partition coefficient (Wildman–Crippen LogP) is 2.09. The lowest BCUT2D eigenvalue weighted by atomic mass is 9.96. The van der Waals surface area contributed by atoms with Gasteiger partial charge in [0.2, 0.25) is 0 Å². The zero-order chi connectivity index (χ0) is 9.97. The second-order valence-electron chi connectivity index (χ2n) is 3.76. The van der Waals surface area contributed by atoms with E-state index >= 15 is 0 Å². The van der Waals surface area contributed by atoms with E-state index < -0.39 is 0 Å². The molecular formula is C11H14N2O. The topological polar surface area (TPSA) is 48.8 Å². The van der Waals surface area contributed by atoms with E-state index in [4.69, 9.17) is 10.00 Å². The molecular weight excluding hydrogens is 176 g/mol. The van der Waals surface area contributed by atoms with E-state index in [0.29, 0.717) is 5.92 Å². The Hall–Kier alpha value is -1.27. The fourth-order valence-electron chi connectivity index (χ4n) is 1.93. The van der Waals surface area contributed by atoms with Crippen LogP contribution < -0.4 is 0 Å². The predicted molar refractivity (Wildman–Crippen MR) is 53.0 cm³/mol. The van der Waals surface area contributed by atoms with Crippen molar-refractivity contribution >= 4 is 0 Å². The molecule has 1 fully saturated rings. The number of nitriles is 1. The van der Waals surface area contributed by atoms with Crippen LogP contribution >= 0.6 is 0 Å². The van der Waals surface area contributed by atoms with Crippen molar-refractivity contribution < 1.29 is 4.74 Å². The Bertz CT molecular complexity index is 356. The highest BCUT2D eigenvalue weighted by Crippen LogP contribution is 2.27. The van der Waals surface area contributed by atoms with E-state index in [1.54, 1.807) is 0 Å². The van der Waals surface area contributed by atoms with E-state index in [1.807, 2.05) is 13.0 Å². The van der Waals surface area contributed by atoms with Crippen LogP contribution in [-0.2, 0) is 4.74 Å². The normalized spacial score (nSPS) is 18.0. The summed E-state index contributed by atoms with van der Waals surface area (Å²) in [5, 5.41) is 8.84. The van der Waals surface area contributed by atoms with Crippen molar-refractivity contribution in [1.82, 2.24) is 4.98 Å². The fraction of sp³-hybridized carbons (Fsp3) is 0.545. The number of hydrogen-bond donors (Lipinski definition) is 1. The van der Waals surface area contributed by atoms with Crippen LogP contribution in [0.15, 0.2) is 6.07 Å². The number of aromatic nitrogens is 1. The summed E-state index contributed by atoms with van der Waals surface area (Å²) < 4.78 is 5.31. The van der Waals surface area contributed by atoms with E-state index in [2.05, 4.69) is 11.1 Å². The van der Waals surface area contributed by atoms with Crippen LogP contribution in [0.3, 0.4) is 0 Å². The first-order valence-corrected chi connectivity index (χ1v) is 4.98. The van der Waals surface area contributed by atoms with E-state index in [9.17, 15) is 0 Å². The highest BCUT2D eigenvalue weighted by atomic mass is 16.5. The van der Waals surface area contributed by atoms with Crippen molar-refractivity contribution in [1.29, 1.82) is 5.26 Å². The van der Waals surface area contributed by atoms with Crippen LogP contribution in [0, 0.1) is 18.3 Å². The molecule has 0 aliphatic carbocycles. The second kappa shape index (κ2) is 3.85. The molecule has 3 nitrogen and oxygen atoms in total. The standard InChI is InChI=1S/C11H14N2O/c1-8-10(7-12)6-11(13-8)9-2-4-14-5-3-9/h6,9,13H,2-5H2,1H3. The molecule has 1 N–H and O–H groups in total. The van der Waals surface area contributed by atoms with Crippen LogP contribution in [0.4, 0.5) is 0 Å². The summed E-state index contributed by atoms with van der Waals surface area (Å²) in [6.07, 6.45) is 2.12. The van der Waals surface area contributed by atoms with Crippen molar-refractivity contribution in [3.63, 3.8) is 0 Å². The van der Waals surface area contributed by atoms with Gasteiger partial charge in [-0.2, -0.15) is 5.26 Å². The van der Waals surface area contributed by atoms with Gasteiger partial charge in [-0.05, 0) is 25.8 Å². The molecule has 74 valence electrons. The third-order valence-corrected chi connectivity index (χ3v) is 2.82. The monoisotopic (exact) mass is 190 g/mol. The third kappa shape index (κ3) is 1.66. The lowest BCUT2D eigenvalue weighted by Crippen LogP contribution is -2.14. The van der Waals surface area contributed by atoms with Gasteiger partial charge in [0.15, 0.2) is 0 Å². The van der Waals surface area contributed by atoms with Gasteiger partial charge in [-0.15, -0.1) is 0 Å². The quantitative estimate of drug-likeness (QED) is 0.737. The molecule has 1 aliphatic rings. The summed E-state index contributed by atoms with van der Waals surface area (Å²) in [6, 6.07) is 4.17. The van der Waals surface area contributed by atoms with Crippen molar-refractivity contribution in [2.24, 2.45) is 0 Å². The lowest BCUT2D eigenvalue weighted by molar-refractivity contribution is 0.0846. The molecule has 0 radical (unpaired) electrons. The Balaban J connectivity index is 2.19. The molecule has 0 spiro atoms. The summed E-state index contributed by atoms with van der Waals surface area (Å²) in [6.45, 7) is 3.62. The van der Waals surface area contributed by atoms with Gasteiger partial charge < -0.3 is 9.72 Å². The minimum atomic E-state index is 0.546. The molecule has 14 heavy (non-hydrogen) atoms. The van der Waals surface area contributed by atoms with E-state index in [1.165, 1.54) is 5.69 Å². The molecule has 0 atom stereocenters. The molecule has 0 bridgehead atoms. The number of hydrogen-bond acceptors (Lipinski definition) is 2. The molecule has 2 rings (SSSR count). The SMILES string of the molecule is Cc1[nH]c(C2CCOCC2)cc1C#N. The van der Waals surface area contributed by atoms with Gasteiger partial charge in [0.25, 0.3) is 0 Å². The Morgan fingerprint density at radius 2 is 2.21 bits per heavy atom. The van der Waals surface area contributed by atoms with Crippen molar-refractivity contribution in [3.05, 3.63) is 23.0 Å². The molecule has 1 aromatic rings. The van der Waals surface area contributed by atoms with Crippen molar-refractivity contribution in [3.8, 4) is 6.07 Å². The van der Waals surface area contributed by atoms with Crippen LogP contribution in [0.2, 0.25) is 0 Å². The maximum absolute atomic E-state index is 8.84. The summed E-state index contributed by atoms with van der Waals surface area (Å²) in [4.78, 5) is 3.29. The van der Waals surface area contributed by atoms with Crippen LogP contribution in [0.25, 0.3) is 0 Å². The summed E-state index contributed by atoms with van der Waals surface area (Å²) >= 11 is 0. The first-order chi connectivity index (χ1) is 6.81. The molecule has 1 saturated heterocycles. The number of nitrogens with zero attached hydrogens (tertiary/aromatic N) is 1. The van der Waals surface area contributed by atoms with Crippen molar-refractivity contribution in [2.75, 3.05) is 13.2 Å². The molecule has 2 heterocycles. The molecule has 0 amide bonds. The Labute approximate surface area is 83.7 Å². The number of rotatable bonds is 1. The van der Waals surface area contributed by atoms with Crippen LogP contribution in [0.1, 0.15) is 35.7 Å². The third-order valence-electron chi connectivity index (χ3n) is 2.82. The van der Waals surface area contributed by atoms with Gasteiger partial charge >= 0.3 is 0 Å². The van der Waals surface area contributed by atoms with E-state index in [-0.39, 0.29) is 0 Å². The van der Waals surface area contributed by atoms with Gasteiger partial charge in [0.1, 0.15) is 6.07 Å². The van der Waals surface area contributed by atoms with Gasteiger partial charge in [-0.1, -0.05) is 0 Å². The molecule has 0 saturated carbocycles. The first kappa shape index (κ1) is 9.29. The summed E-state index contributed by atoms with van der Waals surface area (Å²) in [5.74, 6) is 0.546. The molecule has 0 unspecified atom stereocenters. The minimum Gasteiger partial charge on any atom is -0.381 e. The highest BCUT2D eigenvalue weighted by molar-refractivity contribution is 5.37. The van der Waals surface area contributed by atoms with Crippen LogP contribution in [0.5, 0.6) is 0 Å². The van der Waals surface area contributed by atoms with Crippen molar-refractivity contribution in [2.45, 2.75) is 25.7 Å². The number of H-pyrrole nitrogens is 1. The zero-order valence-corrected chi connectivity index (χ0v) is 8.34.